The van der Waals surface area contributed by atoms with Crippen LogP contribution < -0.4 is 0 Å². The number of hydrogen-bond acceptors (Lipinski definition) is 3. The van der Waals surface area contributed by atoms with E-state index in [1.54, 1.807) is 11.3 Å². The summed E-state index contributed by atoms with van der Waals surface area (Å²) in [5, 5.41) is 9.30. The van der Waals surface area contributed by atoms with Gasteiger partial charge in [-0.05, 0) is 50.2 Å². The maximum atomic E-state index is 12.5. The van der Waals surface area contributed by atoms with Gasteiger partial charge in [-0.15, -0.1) is 11.3 Å². The smallest absolute Gasteiger partial charge is 0.264 e. The van der Waals surface area contributed by atoms with Gasteiger partial charge in [-0.2, -0.15) is 0 Å². The molecule has 0 spiro atoms. The minimum absolute atomic E-state index is 0.0385. The van der Waals surface area contributed by atoms with Crippen LogP contribution in [0.25, 0.3) is 0 Å². The van der Waals surface area contributed by atoms with E-state index in [0.717, 1.165) is 37.1 Å². The van der Waals surface area contributed by atoms with Crippen molar-refractivity contribution in [1.82, 2.24) is 4.90 Å². The van der Waals surface area contributed by atoms with Crippen LogP contribution in [-0.4, -0.2) is 35.1 Å². The maximum Gasteiger partial charge on any atom is 0.264 e. The number of hydrogen-bond donors (Lipinski definition) is 1. The number of aliphatic hydroxyl groups excluding tert-OH is 1. The van der Waals surface area contributed by atoms with Gasteiger partial charge in [0.05, 0.1) is 17.5 Å². The predicted octanol–water partition coefficient (Wildman–Crippen LogP) is 2.22. The Kier molecular flexibility index (Phi) is 3.39. The van der Waals surface area contributed by atoms with Crippen molar-refractivity contribution in [3.8, 4) is 0 Å². The standard InChI is InChI=1S/C14H19NO2S/c16-9-11-5-3-7-15(11)14(17)13-8-10-4-1-2-6-12(10)18-13/h8,11,16H,1-7,9H2. The first-order chi connectivity index (χ1) is 8.79. The van der Waals surface area contributed by atoms with Crippen molar-refractivity contribution in [2.45, 2.75) is 44.6 Å². The number of likely N-dealkylation sites (tertiary alicyclic amines) is 1. The van der Waals surface area contributed by atoms with E-state index in [9.17, 15) is 9.90 Å². The van der Waals surface area contributed by atoms with Crippen molar-refractivity contribution < 1.29 is 9.90 Å². The molecule has 0 saturated carbocycles. The number of rotatable bonds is 2. The number of amides is 1. The molecule has 3 nitrogen and oxygen atoms in total. The molecular weight excluding hydrogens is 246 g/mol. The average molecular weight is 265 g/mol. The molecular formula is C14H19NO2S. The monoisotopic (exact) mass is 265 g/mol. The Hall–Kier alpha value is -0.870. The first kappa shape index (κ1) is 12.2. The molecule has 4 heteroatoms. The minimum Gasteiger partial charge on any atom is -0.394 e. The highest BCUT2D eigenvalue weighted by molar-refractivity contribution is 7.14. The molecule has 1 aromatic rings. The van der Waals surface area contributed by atoms with Gasteiger partial charge in [0.25, 0.3) is 5.91 Å². The van der Waals surface area contributed by atoms with E-state index < -0.39 is 0 Å². The fraction of sp³-hybridized carbons (Fsp3) is 0.643. The molecule has 1 aliphatic carbocycles. The lowest BCUT2D eigenvalue weighted by molar-refractivity contribution is 0.0682. The van der Waals surface area contributed by atoms with Crippen molar-refractivity contribution in [2.24, 2.45) is 0 Å². The zero-order valence-electron chi connectivity index (χ0n) is 10.5. The summed E-state index contributed by atoms with van der Waals surface area (Å²) in [6, 6.07) is 2.13. The zero-order chi connectivity index (χ0) is 12.5. The third kappa shape index (κ3) is 2.08. The van der Waals surface area contributed by atoms with Crippen LogP contribution in [0.3, 0.4) is 0 Å². The summed E-state index contributed by atoms with van der Waals surface area (Å²) in [6.07, 6.45) is 6.72. The highest BCUT2D eigenvalue weighted by atomic mass is 32.1. The molecule has 0 aromatic carbocycles. The number of carbonyl (C=O) groups is 1. The van der Waals surface area contributed by atoms with Crippen LogP contribution in [0.1, 0.15) is 45.8 Å². The van der Waals surface area contributed by atoms with E-state index in [2.05, 4.69) is 6.07 Å². The van der Waals surface area contributed by atoms with Crippen LogP contribution >= 0.6 is 11.3 Å². The van der Waals surface area contributed by atoms with Gasteiger partial charge in [-0.1, -0.05) is 0 Å². The van der Waals surface area contributed by atoms with Crippen LogP contribution in [0.15, 0.2) is 6.07 Å². The highest BCUT2D eigenvalue weighted by Crippen LogP contribution is 2.31. The third-order valence-electron chi connectivity index (χ3n) is 4.06. The molecule has 1 aromatic heterocycles. The summed E-state index contributed by atoms with van der Waals surface area (Å²) < 4.78 is 0. The molecule has 0 radical (unpaired) electrons. The largest absolute Gasteiger partial charge is 0.394 e. The fourth-order valence-corrected chi connectivity index (χ4v) is 4.24. The van der Waals surface area contributed by atoms with Crippen LogP contribution in [0.5, 0.6) is 0 Å². The van der Waals surface area contributed by atoms with E-state index >= 15 is 0 Å². The summed E-state index contributed by atoms with van der Waals surface area (Å²) >= 11 is 1.67. The molecule has 1 unspecified atom stereocenters. The lowest BCUT2D eigenvalue weighted by Crippen LogP contribution is -2.37. The van der Waals surface area contributed by atoms with Gasteiger partial charge >= 0.3 is 0 Å². The molecule has 98 valence electrons. The molecule has 3 rings (SSSR count). The Morgan fingerprint density at radius 2 is 2.22 bits per heavy atom. The average Bonchev–Trinajstić information content (AvgIpc) is 3.03. The second kappa shape index (κ2) is 5.02. The number of fused-ring (bicyclic) bond motifs is 1. The van der Waals surface area contributed by atoms with Crippen molar-refractivity contribution in [3.63, 3.8) is 0 Å². The van der Waals surface area contributed by atoms with Gasteiger partial charge in [0.15, 0.2) is 0 Å². The highest BCUT2D eigenvalue weighted by Gasteiger charge is 2.30. The van der Waals surface area contributed by atoms with Crippen LogP contribution in [0.2, 0.25) is 0 Å². The minimum atomic E-state index is 0.0385. The number of thiophene rings is 1. The normalized spacial score (nSPS) is 23.2. The van der Waals surface area contributed by atoms with Crippen LogP contribution in [-0.2, 0) is 12.8 Å². The molecule has 2 aliphatic rings. The quantitative estimate of drug-likeness (QED) is 0.890. The summed E-state index contributed by atoms with van der Waals surface area (Å²) in [4.78, 5) is 16.6. The summed E-state index contributed by atoms with van der Waals surface area (Å²) in [5.41, 5.74) is 1.38. The van der Waals surface area contributed by atoms with Gasteiger partial charge in [-0.3, -0.25) is 4.79 Å². The molecule has 2 heterocycles. The molecule has 1 aliphatic heterocycles. The Balaban J connectivity index is 1.81. The van der Waals surface area contributed by atoms with Gasteiger partial charge in [0.2, 0.25) is 0 Å². The number of carbonyl (C=O) groups excluding carboxylic acids is 1. The fourth-order valence-electron chi connectivity index (χ4n) is 3.03. The van der Waals surface area contributed by atoms with Gasteiger partial charge in [-0.25, -0.2) is 0 Å². The molecule has 0 bridgehead atoms. The maximum absolute atomic E-state index is 12.5. The number of nitrogens with zero attached hydrogens (tertiary/aromatic N) is 1. The van der Waals surface area contributed by atoms with E-state index in [0.29, 0.717) is 0 Å². The molecule has 18 heavy (non-hydrogen) atoms. The molecule has 1 N–H and O–H groups in total. The topological polar surface area (TPSA) is 40.5 Å². The summed E-state index contributed by atoms with van der Waals surface area (Å²) in [6.45, 7) is 0.892. The second-order valence-corrected chi connectivity index (χ2v) is 6.38. The van der Waals surface area contributed by atoms with Gasteiger partial charge in [0, 0.05) is 11.4 Å². The Labute approximate surface area is 111 Å². The van der Waals surface area contributed by atoms with Crippen molar-refractivity contribution in [3.05, 3.63) is 21.4 Å². The van der Waals surface area contributed by atoms with E-state index in [-0.39, 0.29) is 18.6 Å². The van der Waals surface area contributed by atoms with Crippen LogP contribution in [0.4, 0.5) is 0 Å². The summed E-state index contributed by atoms with van der Waals surface area (Å²) in [5.74, 6) is 0.131. The Bertz CT molecular complexity index is 431. The van der Waals surface area contributed by atoms with E-state index in [4.69, 9.17) is 0 Å². The van der Waals surface area contributed by atoms with Crippen molar-refractivity contribution >= 4 is 17.2 Å². The first-order valence-electron chi connectivity index (χ1n) is 6.83. The summed E-state index contributed by atoms with van der Waals surface area (Å²) in [7, 11) is 0. The number of aliphatic hydroxyl groups is 1. The zero-order valence-corrected chi connectivity index (χ0v) is 11.3. The number of aryl methyl sites for hydroxylation is 2. The molecule has 1 atom stereocenters. The van der Waals surface area contributed by atoms with Gasteiger partial charge in [0.1, 0.15) is 0 Å². The SMILES string of the molecule is O=C(c1cc2c(s1)CCCC2)N1CCCC1CO. The van der Waals surface area contributed by atoms with E-state index in [1.165, 1.54) is 23.3 Å². The second-order valence-electron chi connectivity index (χ2n) is 5.24. The Morgan fingerprint density at radius 3 is 3.00 bits per heavy atom. The lowest BCUT2D eigenvalue weighted by atomic mass is 9.99. The molecule has 1 saturated heterocycles. The predicted molar refractivity (Wildman–Crippen MR) is 72.1 cm³/mol. The van der Waals surface area contributed by atoms with Gasteiger partial charge < -0.3 is 10.0 Å². The van der Waals surface area contributed by atoms with E-state index in [1.807, 2.05) is 4.90 Å². The molecule has 1 fully saturated rings. The van der Waals surface area contributed by atoms with Crippen LogP contribution in [0, 0.1) is 0 Å². The third-order valence-corrected chi connectivity index (χ3v) is 5.28. The van der Waals surface area contributed by atoms with Crippen molar-refractivity contribution in [2.75, 3.05) is 13.2 Å². The van der Waals surface area contributed by atoms with Crippen molar-refractivity contribution in [1.29, 1.82) is 0 Å². The first-order valence-corrected chi connectivity index (χ1v) is 7.64. The Morgan fingerprint density at radius 1 is 1.39 bits per heavy atom. The lowest BCUT2D eigenvalue weighted by Gasteiger charge is -2.22. The molecule has 1 amide bonds.